The largest absolute Gasteiger partial charge is 0.313 e. The lowest BCUT2D eigenvalue weighted by molar-refractivity contribution is 0.0695. The third-order valence-electron chi connectivity index (χ3n) is 4.15. The predicted octanol–water partition coefficient (Wildman–Crippen LogP) is 2.94. The van der Waals surface area contributed by atoms with E-state index in [0.717, 1.165) is 25.4 Å². The van der Waals surface area contributed by atoms with Crippen molar-refractivity contribution in [2.24, 2.45) is 11.7 Å². The molecule has 1 aromatic carbocycles. The van der Waals surface area contributed by atoms with Crippen molar-refractivity contribution in [2.45, 2.75) is 45.7 Å². The summed E-state index contributed by atoms with van der Waals surface area (Å²) in [6.07, 6.45) is 3.49. The van der Waals surface area contributed by atoms with E-state index >= 15 is 0 Å². The van der Waals surface area contributed by atoms with Crippen molar-refractivity contribution >= 4 is 0 Å². The Morgan fingerprint density at radius 2 is 2.00 bits per heavy atom. The highest BCUT2D eigenvalue weighted by Gasteiger charge is 2.30. The zero-order chi connectivity index (χ0) is 13.2. The number of piperidine rings is 1. The molecule has 0 radical (unpaired) electrons. The van der Waals surface area contributed by atoms with E-state index < -0.39 is 0 Å². The SMILES string of the molecule is Cc1cccc(CC(C)(N)N2CCC(C)CC2)c1. The summed E-state index contributed by atoms with van der Waals surface area (Å²) in [4.78, 5) is 2.45. The highest BCUT2D eigenvalue weighted by molar-refractivity contribution is 5.23. The zero-order valence-electron chi connectivity index (χ0n) is 11.9. The highest BCUT2D eigenvalue weighted by atomic mass is 15.3. The number of hydrogen-bond donors (Lipinski definition) is 1. The molecule has 1 fully saturated rings. The van der Waals surface area contributed by atoms with Crippen LogP contribution < -0.4 is 5.73 Å². The van der Waals surface area contributed by atoms with Crippen LogP contribution in [0.25, 0.3) is 0 Å². The van der Waals surface area contributed by atoms with Crippen molar-refractivity contribution in [1.82, 2.24) is 4.90 Å². The summed E-state index contributed by atoms with van der Waals surface area (Å²) >= 11 is 0. The molecule has 1 atom stereocenters. The fraction of sp³-hybridized carbons (Fsp3) is 0.625. The average Bonchev–Trinajstić information content (AvgIpc) is 2.29. The van der Waals surface area contributed by atoms with Gasteiger partial charge in [-0.05, 0) is 38.2 Å². The molecule has 0 bridgehead atoms. The molecule has 1 saturated heterocycles. The van der Waals surface area contributed by atoms with Crippen molar-refractivity contribution in [1.29, 1.82) is 0 Å². The predicted molar refractivity (Wildman–Crippen MR) is 77.4 cm³/mol. The summed E-state index contributed by atoms with van der Waals surface area (Å²) in [5.74, 6) is 0.857. The van der Waals surface area contributed by atoms with E-state index in [0.29, 0.717) is 0 Å². The Bertz CT molecular complexity index is 390. The number of likely N-dealkylation sites (tertiary alicyclic amines) is 1. The summed E-state index contributed by atoms with van der Waals surface area (Å²) in [6, 6.07) is 8.70. The quantitative estimate of drug-likeness (QED) is 0.888. The standard InChI is InChI=1S/C16H26N2/c1-13-7-9-18(10-8-13)16(3,17)12-15-6-4-5-14(2)11-15/h4-6,11,13H,7-10,12,17H2,1-3H3. The molecule has 0 saturated carbocycles. The Morgan fingerprint density at radius 1 is 1.33 bits per heavy atom. The van der Waals surface area contributed by atoms with Crippen LogP contribution in [0.2, 0.25) is 0 Å². The van der Waals surface area contributed by atoms with E-state index in [9.17, 15) is 0 Å². The maximum atomic E-state index is 6.54. The van der Waals surface area contributed by atoms with E-state index in [1.165, 1.54) is 24.0 Å². The lowest BCUT2D eigenvalue weighted by atomic mass is 9.93. The van der Waals surface area contributed by atoms with Crippen LogP contribution in [0.15, 0.2) is 24.3 Å². The minimum Gasteiger partial charge on any atom is -0.313 e. The third-order valence-corrected chi connectivity index (χ3v) is 4.15. The van der Waals surface area contributed by atoms with Crippen molar-refractivity contribution in [3.63, 3.8) is 0 Å². The summed E-state index contributed by atoms with van der Waals surface area (Å²) < 4.78 is 0. The van der Waals surface area contributed by atoms with Gasteiger partial charge in [0.2, 0.25) is 0 Å². The van der Waals surface area contributed by atoms with E-state index in [1.54, 1.807) is 0 Å². The Kier molecular flexibility index (Phi) is 4.08. The van der Waals surface area contributed by atoms with Crippen LogP contribution in [0.1, 0.15) is 37.8 Å². The molecule has 0 aromatic heterocycles. The number of nitrogens with zero attached hydrogens (tertiary/aromatic N) is 1. The Labute approximate surface area is 111 Å². The minimum atomic E-state index is -0.214. The van der Waals surface area contributed by atoms with Crippen LogP contribution in [-0.4, -0.2) is 23.7 Å². The smallest absolute Gasteiger partial charge is 0.0699 e. The van der Waals surface area contributed by atoms with Gasteiger partial charge in [0.1, 0.15) is 0 Å². The topological polar surface area (TPSA) is 29.3 Å². The van der Waals surface area contributed by atoms with Crippen LogP contribution in [0.5, 0.6) is 0 Å². The second-order valence-corrected chi connectivity index (χ2v) is 6.19. The van der Waals surface area contributed by atoms with Gasteiger partial charge in [-0.2, -0.15) is 0 Å². The van der Waals surface area contributed by atoms with Crippen LogP contribution in [0, 0.1) is 12.8 Å². The summed E-state index contributed by atoms with van der Waals surface area (Å²) in [5.41, 5.74) is 8.99. The number of hydrogen-bond acceptors (Lipinski definition) is 2. The number of nitrogens with two attached hydrogens (primary N) is 1. The van der Waals surface area contributed by atoms with Gasteiger partial charge in [0.05, 0.1) is 5.66 Å². The summed E-state index contributed by atoms with van der Waals surface area (Å²) in [6.45, 7) is 8.93. The Hall–Kier alpha value is -0.860. The van der Waals surface area contributed by atoms with Crippen LogP contribution in [0.3, 0.4) is 0 Å². The number of benzene rings is 1. The highest BCUT2D eigenvalue weighted by Crippen LogP contribution is 2.23. The molecule has 0 aliphatic carbocycles. The minimum absolute atomic E-state index is 0.214. The first-order valence-corrected chi connectivity index (χ1v) is 7.07. The van der Waals surface area contributed by atoms with Gasteiger partial charge in [0, 0.05) is 19.5 Å². The van der Waals surface area contributed by atoms with Crippen LogP contribution in [0.4, 0.5) is 0 Å². The van der Waals surface area contributed by atoms with Crippen LogP contribution in [-0.2, 0) is 6.42 Å². The van der Waals surface area contributed by atoms with Crippen molar-refractivity contribution in [2.75, 3.05) is 13.1 Å². The maximum absolute atomic E-state index is 6.54. The second-order valence-electron chi connectivity index (χ2n) is 6.19. The van der Waals surface area contributed by atoms with Gasteiger partial charge >= 0.3 is 0 Å². The molecule has 1 aromatic rings. The summed E-state index contributed by atoms with van der Waals surface area (Å²) in [7, 11) is 0. The fourth-order valence-electron chi connectivity index (χ4n) is 2.87. The third kappa shape index (κ3) is 3.33. The van der Waals surface area contributed by atoms with Gasteiger partial charge in [-0.15, -0.1) is 0 Å². The lowest BCUT2D eigenvalue weighted by Crippen LogP contribution is -2.57. The number of aryl methyl sites for hydroxylation is 1. The molecule has 1 unspecified atom stereocenters. The molecule has 2 heteroatoms. The van der Waals surface area contributed by atoms with E-state index in [-0.39, 0.29) is 5.66 Å². The molecule has 2 N–H and O–H groups in total. The zero-order valence-corrected chi connectivity index (χ0v) is 11.9. The van der Waals surface area contributed by atoms with E-state index in [1.807, 2.05) is 0 Å². The maximum Gasteiger partial charge on any atom is 0.0699 e. The van der Waals surface area contributed by atoms with E-state index in [2.05, 4.69) is 49.9 Å². The number of rotatable bonds is 3. The molecule has 18 heavy (non-hydrogen) atoms. The van der Waals surface area contributed by atoms with Gasteiger partial charge < -0.3 is 5.73 Å². The molecule has 1 aliphatic rings. The van der Waals surface area contributed by atoms with E-state index in [4.69, 9.17) is 5.73 Å². The first-order chi connectivity index (χ1) is 8.47. The molecule has 100 valence electrons. The molecule has 0 amide bonds. The molecule has 2 rings (SSSR count). The molecule has 0 spiro atoms. The molecular formula is C16H26N2. The normalized spacial score (nSPS) is 21.8. The fourth-order valence-corrected chi connectivity index (χ4v) is 2.87. The Morgan fingerprint density at radius 3 is 2.61 bits per heavy atom. The molecule has 1 aliphatic heterocycles. The van der Waals surface area contributed by atoms with Crippen molar-refractivity contribution < 1.29 is 0 Å². The van der Waals surface area contributed by atoms with Crippen molar-refractivity contribution in [3.05, 3.63) is 35.4 Å². The lowest BCUT2D eigenvalue weighted by Gasteiger charge is -2.42. The van der Waals surface area contributed by atoms with Gasteiger partial charge in [-0.1, -0.05) is 36.8 Å². The molecule has 1 heterocycles. The summed E-state index contributed by atoms with van der Waals surface area (Å²) in [5, 5.41) is 0. The van der Waals surface area contributed by atoms with Crippen molar-refractivity contribution in [3.8, 4) is 0 Å². The van der Waals surface area contributed by atoms with Gasteiger partial charge in [-0.25, -0.2) is 0 Å². The second kappa shape index (κ2) is 5.41. The molecular weight excluding hydrogens is 220 g/mol. The van der Waals surface area contributed by atoms with Gasteiger partial charge in [-0.3, -0.25) is 4.90 Å². The van der Waals surface area contributed by atoms with Gasteiger partial charge in [0.15, 0.2) is 0 Å². The average molecular weight is 246 g/mol. The Balaban J connectivity index is 2.02. The first kappa shape index (κ1) is 13.6. The monoisotopic (exact) mass is 246 g/mol. The first-order valence-electron chi connectivity index (χ1n) is 7.07. The van der Waals surface area contributed by atoms with Crippen LogP contribution >= 0.6 is 0 Å². The van der Waals surface area contributed by atoms with Gasteiger partial charge in [0.25, 0.3) is 0 Å². The molecule has 2 nitrogen and oxygen atoms in total.